The van der Waals surface area contributed by atoms with Crippen LogP contribution < -0.4 is 10.5 Å². The summed E-state index contributed by atoms with van der Waals surface area (Å²) >= 11 is 0. The van der Waals surface area contributed by atoms with Crippen LogP contribution in [0.15, 0.2) is 30.3 Å². The normalized spacial score (nSPS) is 13.4. The molecule has 0 aliphatic rings. The van der Waals surface area contributed by atoms with Gasteiger partial charge in [-0.1, -0.05) is 43.7 Å². The standard InChI is InChI=1S/C13H22N2O2S/c1-2-7-13(12-8-4-3-5-9-12)15-10-6-11-18(14,16)17/h3-5,8-9,13,15H,2,6-7,10-11H2,1H3,(H2,14,16,17). The van der Waals surface area contributed by atoms with E-state index in [-0.39, 0.29) is 11.8 Å². The van der Waals surface area contributed by atoms with Crippen molar-refractivity contribution in [2.24, 2.45) is 5.14 Å². The van der Waals surface area contributed by atoms with Crippen LogP contribution in [-0.4, -0.2) is 20.7 Å². The molecule has 0 bridgehead atoms. The lowest BCUT2D eigenvalue weighted by atomic mass is 10.0. The average molecular weight is 270 g/mol. The van der Waals surface area contributed by atoms with Gasteiger partial charge in [0.2, 0.25) is 10.0 Å². The SMILES string of the molecule is CCCC(NCCCS(N)(=O)=O)c1ccccc1. The zero-order valence-electron chi connectivity index (χ0n) is 10.8. The lowest BCUT2D eigenvalue weighted by Crippen LogP contribution is -2.25. The van der Waals surface area contributed by atoms with Crippen LogP contribution in [0.1, 0.15) is 37.8 Å². The predicted octanol–water partition coefficient (Wildman–Crippen LogP) is 1.80. The van der Waals surface area contributed by atoms with E-state index >= 15 is 0 Å². The minimum absolute atomic E-state index is 0.0354. The summed E-state index contributed by atoms with van der Waals surface area (Å²) in [6.07, 6.45) is 2.67. The summed E-state index contributed by atoms with van der Waals surface area (Å²) in [5, 5.41) is 8.36. The molecule has 3 N–H and O–H groups in total. The molecule has 0 aliphatic heterocycles. The smallest absolute Gasteiger partial charge is 0.209 e. The van der Waals surface area contributed by atoms with Gasteiger partial charge in [0.25, 0.3) is 0 Å². The molecule has 1 aromatic carbocycles. The second-order valence-corrected chi connectivity index (χ2v) is 6.16. The van der Waals surface area contributed by atoms with Gasteiger partial charge in [0.05, 0.1) is 5.75 Å². The molecule has 0 saturated heterocycles. The number of hydrogen-bond donors (Lipinski definition) is 2. The maximum absolute atomic E-state index is 10.8. The third-order valence-corrected chi connectivity index (χ3v) is 3.63. The van der Waals surface area contributed by atoms with Crippen LogP contribution in [-0.2, 0) is 10.0 Å². The van der Waals surface area contributed by atoms with Crippen LogP contribution in [0, 0.1) is 0 Å². The third-order valence-electron chi connectivity index (χ3n) is 2.78. The Labute approximate surface area is 110 Å². The van der Waals surface area contributed by atoms with Crippen molar-refractivity contribution in [3.8, 4) is 0 Å². The minimum Gasteiger partial charge on any atom is -0.310 e. The van der Waals surface area contributed by atoms with Gasteiger partial charge in [0.15, 0.2) is 0 Å². The lowest BCUT2D eigenvalue weighted by Gasteiger charge is -2.18. The van der Waals surface area contributed by atoms with E-state index in [4.69, 9.17) is 5.14 Å². The van der Waals surface area contributed by atoms with E-state index in [1.165, 1.54) is 5.56 Å². The summed E-state index contributed by atoms with van der Waals surface area (Å²) < 4.78 is 21.6. The maximum Gasteiger partial charge on any atom is 0.209 e. The molecule has 0 aliphatic carbocycles. The van der Waals surface area contributed by atoms with Gasteiger partial charge in [-0.15, -0.1) is 0 Å². The summed E-state index contributed by atoms with van der Waals surface area (Å²) in [4.78, 5) is 0. The zero-order chi connectivity index (χ0) is 13.4. The number of hydrogen-bond acceptors (Lipinski definition) is 3. The van der Waals surface area contributed by atoms with Gasteiger partial charge >= 0.3 is 0 Å². The molecule has 1 unspecified atom stereocenters. The molecule has 0 heterocycles. The van der Waals surface area contributed by atoms with Crippen molar-refractivity contribution in [3.63, 3.8) is 0 Å². The van der Waals surface area contributed by atoms with Crippen molar-refractivity contribution in [3.05, 3.63) is 35.9 Å². The molecule has 5 heteroatoms. The Morgan fingerprint density at radius 2 is 1.94 bits per heavy atom. The number of rotatable bonds is 8. The Kier molecular flexibility index (Phi) is 6.32. The van der Waals surface area contributed by atoms with Crippen molar-refractivity contribution < 1.29 is 8.42 Å². The fraction of sp³-hybridized carbons (Fsp3) is 0.538. The first-order valence-electron chi connectivity index (χ1n) is 6.31. The van der Waals surface area contributed by atoms with Gasteiger partial charge in [0.1, 0.15) is 0 Å². The molecular formula is C13H22N2O2S. The quantitative estimate of drug-likeness (QED) is 0.707. The van der Waals surface area contributed by atoms with E-state index in [2.05, 4.69) is 24.4 Å². The minimum atomic E-state index is -3.34. The highest BCUT2D eigenvalue weighted by Crippen LogP contribution is 2.17. The van der Waals surface area contributed by atoms with Crippen molar-refractivity contribution in [2.75, 3.05) is 12.3 Å². The average Bonchev–Trinajstić information content (AvgIpc) is 2.33. The molecule has 1 rings (SSSR count). The second-order valence-electron chi connectivity index (χ2n) is 4.43. The van der Waals surface area contributed by atoms with Crippen LogP contribution in [0.5, 0.6) is 0 Å². The van der Waals surface area contributed by atoms with E-state index in [0.717, 1.165) is 12.8 Å². The van der Waals surface area contributed by atoms with Gasteiger partial charge in [-0.25, -0.2) is 13.6 Å². The molecule has 0 amide bonds. The fourth-order valence-corrected chi connectivity index (χ4v) is 2.46. The van der Waals surface area contributed by atoms with E-state index in [1.54, 1.807) is 0 Å². The van der Waals surface area contributed by atoms with Gasteiger partial charge in [-0.3, -0.25) is 0 Å². The maximum atomic E-state index is 10.8. The Bertz CT molecular complexity index is 432. The predicted molar refractivity (Wildman–Crippen MR) is 74.7 cm³/mol. The molecule has 0 fully saturated rings. The highest BCUT2D eigenvalue weighted by Gasteiger charge is 2.09. The first-order chi connectivity index (χ1) is 8.53. The van der Waals surface area contributed by atoms with E-state index in [0.29, 0.717) is 13.0 Å². The number of primary sulfonamides is 1. The van der Waals surface area contributed by atoms with Crippen LogP contribution >= 0.6 is 0 Å². The first-order valence-corrected chi connectivity index (χ1v) is 8.03. The Morgan fingerprint density at radius 3 is 2.50 bits per heavy atom. The van der Waals surface area contributed by atoms with E-state index < -0.39 is 10.0 Å². The molecule has 102 valence electrons. The van der Waals surface area contributed by atoms with Gasteiger partial charge in [0, 0.05) is 6.04 Å². The third kappa shape index (κ3) is 6.14. The van der Waals surface area contributed by atoms with Gasteiger partial charge in [-0.2, -0.15) is 0 Å². The monoisotopic (exact) mass is 270 g/mol. The summed E-state index contributed by atoms with van der Waals surface area (Å²) in [6.45, 7) is 2.80. The second kappa shape index (κ2) is 7.51. The Morgan fingerprint density at radius 1 is 1.28 bits per heavy atom. The van der Waals surface area contributed by atoms with Gasteiger partial charge in [-0.05, 0) is 24.9 Å². The number of sulfonamides is 1. The fourth-order valence-electron chi connectivity index (χ4n) is 1.91. The molecule has 1 aromatic rings. The molecule has 0 radical (unpaired) electrons. The van der Waals surface area contributed by atoms with Crippen LogP contribution in [0.2, 0.25) is 0 Å². The summed E-state index contributed by atoms with van der Waals surface area (Å²) in [6, 6.07) is 10.5. The summed E-state index contributed by atoms with van der Waals surface area (Å²) in [7, 11) is -3.34. The van der Waals surface area contributed by atoms with Crippen LogP contribution in [0.4, 0.5) is 0 Å². The van der Waals surface area contributed by atoms with E-state index in [9.17, 15) is 8.42 Å². The molecule has 18 heavy (non-hydrogen) atoms. The molecule has 4 nitrogen and oxygen atoms in total. The molecule has 0 aromatic heterocycles. The number of nitrogens with two attached hydrogens (primary N) is 1. The molecule has 0 saturated carbocycles. The van der Waals surface area contributed by atoms with Crippen molar-refractivity contribution >= 4 is 10.0 Å². The summed E-state index contributed by atoms with van der Waals surface area (Å²) in [5.41, 5.74) is 1.25. The van der Waals surface area contributed by atoms with Gasteiger partial charge < -0.3 is 5.32 Å². The highest BCUT2D eigenvalue weighted by molar-refractivity contribution is 7.89. The first kappa shape index (κ1) is 15.1. The molecular weight excluding hydrogens is 248 g/mol. The lowest BCUT2D eigenvalue weighted by molar-refractivity contribution is 0.493. The van der Waals surface area contributed by atoms with Crippen LogP contribution in [0.25, 0.3) is 0 Å². The molecule has 1 atom stereocenters. The Balaban J connectivity index is 2.44. The summed E-state index contributed by atoms with van der Waals surface area (Å²) in [5.74, 6) is 0.0354. The topological polar surface area (TPSA) is 72.2 Å². The van der Waals surface area contributed by atoms with Crippen molar-refractivity contribution in [1.29, 1.82) is 0 Å². The van der Waals surface area contributed by atoms with Crippen molar-refractivity contribution in [1.82, 2.24) is 5.32 Å². The van der Waals surface area contributed by atoms with Crippen LogP contribution in [0.3, 0.4) is 0 Å². The van der Waals surface area contributed by atoms with E-state index in [1.807, 2.05) is 18.2 Å². The Hall–Kier alpha value is -0.910. The number of benzene rings is 1. The molecule has 0 spiro atoms. The zero-order valence-corrected chi connectivity index (χ0v) is 11.6. The highest BCUT2D eigenvalue weighted by atomic mass is 32.2. The number of nitrogens with one attached hydrogen (secondary N) is 1. The van der Waals surface area contributed by atoms with Crippen molar-refractivity contribution in [2.45, 2.75) is 32.2 Å². The largest absolute Gasteiger partial charge is 0.310 e.